The average Bonchev–Trinajstić information content (AvgIpc) is 2.07. The molecule has 0 aromatic carbocycles. The Morgan fingerprint density at radius 3 is 2.56 bits per heavy atom. The van der Waals surface area contributed by atoms with Crippen molar-refractivity contribution in [3.63, 3.8) is 0 Å². The molecule has 0 spiro atoms. The summed E-state index contributed by atoms with van der Waals surface area (Å²) in [6.07, 6.45) is 0.698. The first-order valence-electron chi connectivity index (χ1n) is 5.47. The van der Waals surface area contributed by atoms with E-state index in [1.165, 1.54) is 0 Å². The molecule has 1 aliphatic carbocycles. The second-order valence-corrected chi connectivity index (χ2v) is 5.10. The van der Waals surface area contributed by atoms with Gasteiger partial charge in [-0.3, -0.25) is 9.59 Å². The molecule has 0 aromatic rings. The Labute approximate surface area is 95.8 Å². The highest BCUT2D eigenvalue weighted by molar-refractivity contribution is 5.96. The molecule has 1 fully saturated rings. The predicted octanol–water partition coefficient (Wildman–Crippen LogP) is -0.606. The van der Waals surface area contributed by atoms with E-state index in [2.05, 4.69) is 5.32 Å². The van der Waals surface area contributed by atoms with Crippen molar-refractivity contribution in [2.75, 3.05) is 27.2 Å². The molecule has 1 amide bonds. The SMILES string of the molecule is CN(C)CC(C)(O)CNC(=O)C1CC(=O)C1. The molecule has 0 bridgehead atoms. The van der Waals surface area contributed by atoms with Crippen LogP contribution in [0.3, 0.4) is 0 Å². The Balaban J connectivity index is 2.28. The van der Waals surface area contributed by atoms with Crippen molar-refractivity contribution >= 4 is 11.7 Å². The summed E-state index contributed by atoms with van der Waals surface area (Å²) in [6, 6.07) is 0. The summed E-state index contributed by atoms with van der Waals surface area (Å²) in [5.41, 5.74) is -0.938. The Bertz CT molecular complexity index is 279. The molecule has 5 nitrogen and oxygen atoms in total. The molecule has 5 heteroatoms. The molecule has 0 saturated heterocycles. The summed E-state index contributed by atoms with van der Waals surface area (Å²) in [5.74, 6) is -0.165. The summed E-state index contributed by atoms with van der Waals surface area (Å²) >= 11 is 0. The molecule has 1 rings (SSSR count). The number of nitrogens with one attached hydrogen (secondary N) is 1. The van der Waals surface area contributed by atoms with Crippen LogP contribution >= 0.6 is 0 Å². The fourth-order valence-corrected chi connectivity index (χ4v) is 1.83. The average molecular weight is 228 g/mol. The fourth-order valence-electron chi connectivity index (χ4n) is 1.83. The van der Waals surface area contributed by atoms with Crippen LogP contribution in [0.5, 0.6) is 0 Å². The number of rotatable bonds is 5. The first kappa shape index (κ1) is 13.1. The number of hydrogen-bond donors (Lipinski definition) is 2. The summed E-state index contributed by atoms with van der Waals surface area (Å²) in [5, 5.41) is 12.6. The summed E-state index contributed by atoms with van der Waals surface area (Å²) < 4.78 is 0. The number of nitrogens with zero attached hydrogens (tertiary/aromatic N) is 1. The molecule has 0 aromatic heterocycles. The van der Waals surface area contributed by atoms with Gasteiger partial charge in [0.15, 0.2) is 0 Å². The Morgan fingerprint density at radius 1 is 1.56 bits per heavy atom. The first-order valence-corrected chi connectivity index (χ1v) is 5.47. The lowest BCUT2D eigenvalue weighted by Crippen LogP contribution is -2.49. The highest BCUT2D eigenvalue weighted by atomic mass is 16.3. The van der Waals surface area contributed by atoms with E-state index >= 15 is 0 Å². The highest BCUT2D eigenvalue weighted by Gasteiger charge is 2.33. The number of carbonyl (C=O) groups excluding carboxylic acids is 2. The standard InChI is InChI=1S/C11H20N2O3/c1-11(16,7-13(2)3)6-12-10(15)8-4-9(14)5-8/h8,16H,4-7H2,1-3H3,(H,12,15). The van der Waals surface area contributed by atoms with Gasteiger partial charge in [0.2, 0.25) is 5.91 Å². The van der Waals surface area contributed by atoms with Gasteiger partial charge in [0, 0.05) is 25.9 Å². The van der Waals surface area contributed by atoms with E-state index < -0.39 is 5.60 Å². The van der Waals surface area contributed by atoms with Gasteiger partial charge in [0.05, 0.1) is 11.5 Å². The maximum atomic E-state index is 11.5. The zero-order valence-corrected chi connectivity index (χ0v) is 10.1. The van der Waals surface area contributed by atoms with Gasteiger partial charge in [0.25, 0.3) is 0 Å². The minimum atomic E-state index is -0.938. The number of amides is 1. The van der Waals surface area contributed by atoms with Crippen LogP contribution in [-0.4, -0.2) is 54.5 Å². The van der Waals surface area contributed by atoms with E-state index in [0.29, 0.717) is 19.4 Å². The normalized spacial score (nSPS) is 20.4. The summed E-state index contributed by atoms with van der Waals surface area (Å²) in [7, 11) is 3.72. The van der Waals surface area contributed by atoms with Crippen molar-refractivity contribution in [2.45, 2.75) is 25.4 Å². The molecule has 0 radical (unpaired) electrons. The van der Waals surface area contributed by atoms with Crippen molar-refractivity contribution in [3.05, 3.63) is 0 Å². The number of likely N-dealkylation sites (N-methyl/N-ethyl adjacent to an activating group) is 1. The molecule has 2 N–H and O–H groups in total. The lowest BCUT2D eigenvalue weighted by atomic mass is 9.83. The Morgan fingerprint density at radius 2 is 2.12 bits per heavy atom. The van der Waals surface area contributed by atoms with E-state index in [1.54, 1.807) is 6.92 Å². The number of ketones is 1. The van der Waals surface area contributed by atoms with Gasteiger partial charge in [0.1, 0.15) is 5.78 Å². The Hall–Kier alpha value is -0.940. The molecular formula is C11H20N2O3. The zero-order chi connectivity index (χ0) is 12.3. The van der Waals surface area contributed by atoms with Gasteiger partial charge < -0.3 is 15.3 Å². The van der Waals surface area contributed by atoms with Crippen LogP contribution in [0.4, 0.5) is 0 Å². The summed E-state index contributed by atoms with van der Waals surface area (Å²) in [6.45, 7) is 2.38. The van der Waals surface area contributed by atoms with E-state index in [4.69, 9.17) is 0 Å². The maximum absolute atomic E-state index is 11.5. The van der Waals surface area contributed by atoms with Gasteiger partial charge in [-0.2, -0.15) is 0 Å². The maximum Gasteiger partial charge on any atom is 0.224 e. The lowest BCUT2D eigenvalue weighted by molar-refractivity contribution is -0.138. The minimum absolute atomic E-state index is 0.126. The van der Waals surface area contributed by atoms with E-state index in [1.807, 2.05) is 19.0 Å². The monoisotopic (exact) mass is 228 g/mol. The number of hydrogen-bond acceptors (Lipinski definition) is 4. The number of carbonyl (C=O) groups is 2. The number of aliphatic hydroxyl groups is 1. The molecule has 1 saturated carbocycles. The van der Waals surface area contributed by atoms with E-state index in [-0.39, 0.29) is 24.2 Å². The van der Waals surface area contributed by atoms with E-state index in [0.717, 1.165) is 0 Å². The van der Waals surface area contributed by atoms with Gasteiger partial charge in [-0.1, -0.05) is 0 Å². The van der Waals surface area contributed by atoms with Gasteiger partial charge in [-0.05, 0) is 21.0 Å². The van der Waals surface area contributed by atoms with Crippen LogP contribution in [0.15, 0.2) is 0 Å². The van der Waals surface area contributed by atoms with Crippen LogP contribution in [-0.2, 0) is 9.59 Å². The van der Waals surface area contributed by atoms with Crippen molar-refractivity contribution in [1.29, 1.82) is 0 Å². The molecule has 1 aliphatic rings. The molecule has 92 valence electrons. The van der Waals surface area contributed by atoms with Crippen LogP contribution in [0.1, 0.15) is 19.8 Å². The molecule has 1 atom stereocenters. The third kappa shape index (κ3) is 3.90. The molecule has 0 heterocycles. The first-order chi connectivity index (χ1) is 7.30. The fraction of sp³-hybridized carbons (Fsp3) is 0.818. The second kappa shape index (κ2) is 4.93. The largest absolute Gasteiger partial charge is 0.387 e. The van der Waals surface area contributed by atoms with Gasteiger partial charge in [-0.15, -0.1) is 0 Å². The number of Topliss-reactive ketones (excluding diaryl/α,β-unsaturated/α-hetero) is 1. The van der Waals surface area contributed by atoms with Crippen molar-refractivity contribution < 1.29 is 14.7 Å². The third-order valence-corrected chi connectivity index (χ3v) is 2.62. The molecule has 1 unspecified atom stereocenters. The van der Waals surface area contributed by atoms with Crippen molar-refractivity contribution in [1.82, 2.24) is 10.2 Å². The van der Waals surface area contributed by atoms with E-state index in [9.17, 15) is 14.7 Å². The third-order valence-electron chi connectivity index (χ3n) is 2.62. The molecule has 16 heavy (non-hydrogen) atoms. The molecule has 0 aliphatic heterocycles. The Kier molecular flexibility index (Phi) is 4.04. The predicted molar refractivity (Wildman–Crippen MR) is 59.9 cm³/mol. The summed E-state index contributed by atoms with van der Waals surface area (Å²) in [4.78, 5) is 24.1. The zero-order valence-electron chi connectivity index (χ0n) is 10.1. The van der Waals surface area contributed by atoms with Crippen LogP contribution in [0.25, 0.3) is 0 Å². The van der Waals surface area contributed by atoms with Crippen LogP contribution in [0, 0.1) is 5.92 Å². The van der Waals surface area contributed by atoms with Gasteiger partial charge >= 0.3 is 0 Å². The lowest BCUT2D eigenvalue weighted by Gasteiger charge is -2.29. The van der Waals surface area contributed by atoms with Crippen LogP contribution < -0.4 is 5.32 Å². The quantitative estimate of drug-likeness (QED) is 0.659. The molecular weight excluding hydrogens is 208 g/mol. The van der Waals surface area contributed by atoms with Gasteiger partial charge in [-0.25, -0.2) is 0 Å². The van der Waals surface area contributed by atoms with Crippen LogP contribution in [0.2, 0.25) is 0 Å². The highest BCUT2D eigenvalue weighted by Crippen LogP contribution is 2.22. The topological polar surface area (TPSA) is 69.6 Å². The smallest absolute Gasteiger partial charge is 0.224 e. The second-order valence-electron chi connectivity index (χ2n) is 5.10. The van der Waals surface area contributed by atoms with Crippen molar-refractivity contribution in [2.24, 2.45) is 5.92 Å². The van der Waals surface area contributed by atoms with Crippen molar-refractivity contribution in [3.8, 4) is 0 Å². The minimum Gasteiger partial charge on any atom is -0.387 e.